The van der Waals surface area contributed by atoms with Gasteiger partial charge in [-0.15, -0.1) is 6.42 Å². The average molecular weight is 275 g/mol. The van der Waals surface area contributed by atoms with Crippen molar-refractivity contribution in [3.63, 3.8) is 0 Å². The molecule has 2 aromatic carbocycles. The average Bonchev–Trinajstić information content (AvgIpc) is 2.87. The first kappa shape index (κ1) is 11.9. The Morgan fingerprint density at radius 3 is 2.63 bits per heavy atom. The summed E-state index contributed by atoms with van der Waals surface area (Å²) < 4.78 is 24.6. The van der Waals surface area contributed by atoms with E-state index in [4.69, 9.17) is 27.5 Å². The Hall–Kier alpha value is -2.18. The molecule has 0 radical (unpaired) electrons. The van der Waals surface area contributed by atoms with E-state index in [1.165, 1.54) is 6.07 Å². The molecule has 0 spiro atoms. The van der Waals surface area contributed by atoms with E-state index in [9.17, 15) is 4.39 Å². The van der Waals surface area contributed by atoms with Crippen LogP contribution in [-0.4, -0.2) is 6.79 Å². The third-order valence-electron chi connectivity index (χ3n) is 2.91. The summed E-state index contributed by atoms with van der Waals surface area (Å²) in [5.41, 5.74) is 1.44. The number of rotatable bonds is 1. The van der Waals surface area contributed by atoms with Gasteiger partial charge in [0.05, 0.1) is 5.02 Å². The van der Waals surface area contributed by atoms with Crippen molar-refractivity contribution in [2.75, 3.05) is 6.79 Å². The highest BCUT2D eigenvalue weighted by molar-refractivity contribution is 6.31. The van der Waals surface area contributed by atoms with Crippen LogP contribution in [-0.2, 0) is 0 Å². The molecule has 0 atom stereocenters. The number of terminal acetylenes is 1. The first-order valence-corrected chi connectivity index (χ1v) is 5.93. The summed E-state index contributed by atoms with van der Waals surface area (Å²) >= 11 is 5.79. The van der Waals surface area contributed by atoms with Crippen LogP contribution in [0.5, 0.6) is 11.5 Å². The second kappa shape index (κ2) is 4.49. The number of hydrogen-bond donors (Lipinski definition) is 0. The van der Waals surface area contributed by atoms with Crippen molar-refractivity contribution in [3.8, 4) is 35.0 Å². The molecular weight excluding hydrogens is 267 g/mol. The minimum atomic E-state index is -0.500. The quantitative estimate of drug-likeness (QED) is 0.735. The van der Waals surface area contributed by atoms with Crippen LogP contribution < -0.4 is 9.47 Å². The Morgan fingerprint density at radius 2 is 1.89 bits per heavy atom. The molecule has 1 heterocycles. The lowest BCUT2D eigenvalue weighted by Gasteiger charge is -2.09. The van der Waals surface area contributed by atoms with Gasteiger partial charge in [0.25, 0.3) is 0 Å². The molecular formula is C15H8ClFO2. The summed E-state index contributed by atoms with van der Waals surface area (Å²) in [6.07, 6.45) is 5.47. The fourth-order valence-electron chi connectivity index (χ4n) is 2.00. The first-order chi connectivity index (χ1) is 9.20. The van der Waals surface area contributed by atoms with E-state index in [0.717, 1.165) is 0 Å². The molecule has 0 N–H and O–H groups in total. The van der Waals surface area contributed by atoms with Crippen LogP contribution >= 0.6 is 11.6 Å². The third-order valence-corrected chi connectivity index (χ3v) is 3.20. The molecule has 4 heteroatoms. The van der Waals surface area contributed by atoms with E-state index in [-0.39, 0.29) is 11.8 Å². The van der Waals surface area contributed by atoms with E-state index in [2.05, 4.69) is 5.92 Å². The number of hydrogen-bond acceptors (Lipinski definition) is 2. The molecule has 1 aliphatic rings. The first-order valence-electron chi connectivity index (χ1n) is 5.55. The standard InChI is InChI=1S/C15H8ClFO2/c1-2-9-6-13-14(19-8-18-13)7-11(9)10-4-3-5-12(16)15(10)17/h1,3-7H,8H2. The summed E-state index contributed by atoms with van der Waals surface area (Å²) in [5.74, 6) is 3.14. The lowest BCUT2D eigenvalue weighted by Crippen LogP contribution is -1.92. The number of benzene rings is 2. The molecule has 0 unspecified atom stereocenters. The maximum atomic E-state index is 14.1. The fourth-order valence-corrected chi connectivity index (χ4v) is 2.17. The van der Waals surface area contributed by atoms with Gasteiger partial charge in [-0.2, -0.15) is 0 Å². The Bertz CT molecular complexity index is 704. The normalized spacial score (nSPS) is 12.3. The molecule has 0 fully saturated rings. The monoisotopic (exact) mass is 274 g/mol. The van der Waals surface area contributed by atoms with Crippen LogP contribution in [0, 0.1) is 18.2 Å². The SMILES string of the molecule is C#Cc1cc2c(cc1-c1cccc(Cl)c1F)OCO2. The molecule has 3 rings (SSSR count). The predicted molar refractivity (Wildman–Crippen MR) is 70.9 cm³/mol. The van der Waals surface area contributed by atoms with Crippen LogP contribution in [0.2, 0.25) is 5.02 Å². The highest BCUT2D eigenvalue weighted by Gasteiger charge is 2.19. The number of halogens is 2. The minimum absolute atomic E-state index is 0.0538. The van der Waals surface area contributed by atoms with Crippen molar-refractivity contribution in [2.45, 2.75) is 0 Å². The zero-order valence-electron chi connectivity index (χ0n) is 9.74. The maximum Gasteiger partial charge on any atom is 0.231 e. The van der Waals surface area contributed by atoms with Crippen LogP contribution in [0.15, 0.2) is 30.3 Å². The maximum absolute atomic E-state index is 14.1. The Morgan fingerprint density at radius 1 is 1.16 bits per heavy atom. The highest BCUT2D eigenvalue weighted by atomic mass is 35.5. The van der Waals surface area contributed by atoms with E-state index in [1.54, 1.807) is 24.3 Å². The summed E-state index contributed by atoms with van der Waals surface area (Å²) in [5, 5.41) is 0.0538. The van der Waals surface area contributed by atoms with Crippen molar-refractivity contribution in [1.29, 1.82) is 0 Å². The predicted octanol–water partition coefficient (Wildman–Crippen LogP) is 3.86. The van der Waals surface area contributed by atoms with Crippen LogP contribution in [0.25, 0.3) is 11.1 Å². The van der Waals surface area contributed by atoms with Gasteiger partial charge in [0, 0.05) is 22.8 Å². The molecule has 0 saturated heterocycles. The second-order valence-corrected chi connectivity index (χ2v) is 4.40. The zero-order chi connectivity index (χ0) is 13.4. The molecule has 19 heavy (non-hydrogen) atoms. The van der Waals surface area contributed by atoms with Gasteiger partial charge in [-0.1, -0.05) is 29.7 Å². The Balaban J connectivity index is 2.25. The van der Waals surface area contributed by atoms with Crippen molar-refractivity contribution < 1.29 is 13.9 Å². The Kier molecular flexibility index (Phi) is 2.81. The lowest BCUT2D eigenvalue weighted by atomic mass is 9.98. The summed E-state index contributed by atoms with van der Waals surface area (Å²) in [4.78, 5) is 0. The van der Waals surface area contributed by atoms with Gasteiger partial charge in [0.15, 0.2) is 11.5 Å². The molecule has 0 saturated carbocycles. The molecule has 0 aliphatic carbocycles. The van der Waals surface area contributed by atoms with Gasteiger partial charge < -0.3 is 9.47 Å². The van der Waals surface area contributed by atoms with E-state index in [1.807, 2.05) is 0 Å². The van der Waals surface area contributed by atoms with E-state index < -0.39 is 5.82 Å². The summed E-state index contributed by atoms with van der Waals surface area (Å²) in [6.45, 7) is 0.140. The van der Waals surface area contributed by atoms with Gasteiger partial charge in [-0.05, 0) is 12.1 Å². The van der Waals surface area contributed by atoms with Gasteiger partial charge >= 0.3 is 0 Å². The fraction of sp³-hybridized carbons (Fsp3) is 0.0667. The van der Waals surface area contributed by atoms with Crippen molar-refractivity contribution in [2.24, 2.45) is 0 Å². The van der Waals surface area contributed by atoms with Crippen LogP contribution in [0.1, 0.15) is 5.56 Å². The Labute approximate surface area is 114 Å². The number of ether oxygens (including phenoxy) is 2. The van der Waals surface area contributed by atoms with Gasteiger partial charge in [0.2, 0.25) is 6.79 Å². The van der Waals surface area contributed by atoms with E-state index >= 15 is 0 Å². The highest BCUT2D eigenvalue weighted by Crippen LogP contribution is 2.39. The van der Waals surface area contributed by atoms with Crippen LogP contribution in [0.4, 0.5) is 4.39 Å². The van der Waals surface area contributed by atoms with Gasteiger partial charge in [0.1, 0.15) is 5.82 Å². The molecule has 2 nitrogen and oxygen atoms in total. The molecule has 0 aromatic heterocycles. The third kappa shape index (κ3) is 1.91. The molecule has 0 amide bonds. The topological polar surface area (TPSA) is 18.5 Å². The minimum Gasteiger partial charge on any atom is -0.454 e. The number of fused-ring (bicyclic) bond motifs is 1. The van der Waals surface area contributed by atoms with Crippen LogP contribution in [0.3, 0.4) is 0 Å². The largest absolute Gasteiger partial charge is 0.454 e. The molecule has 2 aromatic rings. The lowest BCUT2D eigenvalue weighted by molar-refractivity contribution is 0.174. The van der Waals surface area contributed by atoms with Gasteiger partial charge in [-0.3, -0.25) is 0 Å². The second-order valence-electron chi connectivity index (χ2n) is 4.00. The molecule has 1 aliphatic heterocycles. The van der Waals surface area contributed by atoms with Crippen molar-refractivity contribution >= 4 is 11.6 Å². The zero-order valence-corrected chi connectivity index (χ0v) is 10.5. The molecule has 0 bridgehead atoms. The summed E-state index contributed by atoms with van der Waals surface area (Å²) in [6, 6.07) is 8.12. The van der Waals surface area contributed by atoms with Crippen molar-refractivity contribution in [1.82, 2.24) is 0 Å². The van der Waals surface area contributed by atoms with E-state index in [0.29, 0.717) is 28.2 Å². The smallest absolute Gasteiger partial charge is 0.231 e. The molecule has 94 valence electrons. The van der Waals surface area contributed by atoms with Crippen molar-refractivity contribution in [3.05, 3.63) is 46.7 Å². The summed E-state index contributed by atoms with van der Waals surface area (Å²) in [7, 11) is 0. The van der Waals surface area contributed by atoms with Gasteiger partial charge in [-0.25, -0.2) is 4.39 Å².